The predicted octanol–water partition coefficient (Wildman–Crippen LogP) is 4.81. The van der Waals surface area contributed by atoms with E-state index >= 15 is 0 Å². The lowest BCUT2D eigenvalue weighted by Crippen LogP contribution is -2.47. The summed E-state index contributed by atoms with van der Waals surface area (Å²) in [5.41, 5.74) is 3.40. The van der Waals surface area contributed by atoms with E-state index < -0.39 is 5.92 Å². The van der Waals surface area contributed by atoms with Gasteiger partial charge in [-0.15, -0.1) is 0 Å². The third kappa shape index (κ3) is 4.04. The average Bonchev–Trinajstić information content (AvgIpc) is 2.83. The molecule has 2 fully saturated rings. The molecule has 33 heavy (non-hydrogen) atoms. The fourth-order valence-electron chi connectivity index (χ4n) is 4.83. The van der Waals surface area contributed by atoms with Crippen LogP contribution in [0, 0.1) is 17.1 Å². The van der Waals surface area contributed by atoms with E-state index in [1.807, 2.05) is 34.1 Å². The second-order valence-corrected chi connectivity index (χ2v) is 8.57. The van der Waals surface area contributed by atoms with Crippen molar-refractivity contribution < 1.29 is 13.2 Å². The van der Waals surface area contributed by atoms with Crippen molar-refractivity contribution in [2.45, 2.75) is 18.8 Å². The first-order valence-corrected chi connectivity index (χ1v) is 11.2. The summed E-state index contributed by atoms with van der Waals surface area (Å²) >= 11 is 0. The first kappa shape index (κ1) is 21.4. The number of piperazine rings is 1. The number of pyridine rings is 1. The van der Waals surface area contributed by atoms with Crippen molar-refractivity contribution in [2.24, 2.45) is 0 Å². The van der Waals surface area contributed by atoms with Crippen LogP contribution in [0.4, 0.5) is 30.2 Å². The van der Waals surface area contributed by atoms with Crippen LogP contribution in [-0.4, -0.2) is 50.2 Å². The molecule has 170 valence electrons. The summed E-state index contributed by atoms with van der Waals surface area (Å²) in [5, 5.41) is 10.6. The monoisotopic (exact) mass is 451 g/mol. The van der Waals surface area contributed by atoms with Crippen LogP contribution in [0.2, 0.25) is 0 Å². The Morgan fingerprint density at radius 3 is 2.15 bits per heavy atom. The average molecular weight is 451 g/mol. The van der Waals surface area contributed by atoms with Gasteiger partial charge in [-0.05, 0) is 18.2 Å². The number of hydrogen-bond acceptors (Lipinski definition) is 5. The van der Waals surface area contributed by atoms with Crippen molar-refractivity contribution in [2.75, 3.05) is 54.0 Å². The van der Waals surface area contributed by atoms with E-state index in [1.165, 1.54) is 6.07 Å². The molecule has 5 rings (SSSR count). The van der Waals surface area contributed by atoms with E-state index in [9.17, 15) is 18.4 Å². The Labute approximate surface area is 190 Å². The van der Waals surface area contributed by atoms with Crippen molar-refractivity contribution in [1.82, 2.24) is 4.98 Å². The molecule has 2 aromatic carbocycles. The Morgan fingerprint density at radius 1 is 0.818 bits per heavy atom. The Balaban J connectivity index is 1.46. The number of aromatic nitrogens is 1. The third-order valence-corrected chi connectivity index (χ3v) is 6.59. The molecule has 0 aliphatic carbocycles. The van der Waals surface area contributed by atoms with Crippen LogP contribution >= 0.6 is 0 Å². The number of nitrogens with zero attached hydrogens (tertiary/aromatic N) is 5. The van der Waals surface area contributed by atoms with Gasteiger partial charge in [-0.3, -0.25) is 4.98 Å². The summed E-state index contributed by atoms with van der Waals surface area (Å²) in [6.45, 7) is 3.03. The normalized spacial score (nSPS) is 18.4. The quantitative estimate of drug-likeness (QED) is 0.572. The molecule has 1 aromatic heterocycles. The molecule has 0 radical (unpaired) electrons. The lowest BCUT2D eigenvalue weighted by Gasteiger charge is -2.38. The molecule has 0 spiro atoms. The van der Waals surface area contributed by atoms with E-state index in [0.29, 0.717) is 42.9 Å². The number of hydrogen-bond donors (Lipinski definition) is 0. The van der Waals surface area contributed by atoms with Gasteiger partial charge in [-0.1, -0.05) is 24.3 Å². The summed E-state index contributed by atoms with van der Waals surface area (Å²) < 4.78 is 41.6. The first-order chi connectivity index (χ1) is 16.0. The van der Waals surface area contributed by atoms with Gasteiger partial charge in [-0.2, -0.15) is 5.26 Å². The van der Waals surface area contributed by atoms with Gasteiger partial charge >= 0.3 is 0 Å². The van der Waals surface area contributed by atoms with E-state index in [4.69, 9.17) is 0 Å². The molecule has 0 saturated carbocycles. The fraction of sp³-hybridized carbons (Fsp3) is 0.360. The van der Waals surface area contributed by atoms with Crippen LogP contribution in [0.25, 0.3) is 10.9 Å². The van der Waals surface area contributed by atoms with E-state index in [2.05, 4.69) is 16.0 Å². The maximum atomic E-state index is 14.2. The van der Waals surface area contributed by atoms with Crippen molar-refractivity contribution in [3.8, 4) is 6.07 Å². The van der Waals surface area contributed by atoms with Gasteiger partial charge < -0.3 is 14.7 Å². The molecule has 8 heteroatoms. The number of rotatable bonds is 3. The standard InChI is InChI=1S/C25H24F3N5/c26-20-5-1-2-6-21(20)32-12-14-33(15-13-32)24-18(16-29)17-30-23-19(24)4-3-7-22(23)31-10-8-25(27,28)9-11-31/h1-7,17H,8-15H2. The Bertz CT molecular complexity index is 1200. The number of benzene rings is 2. The van der Waals surface area contributed by atoms with Gasteiger partial charge in [-0.25, -0.2) is 13.2 Å². The molecule has 2 saturated heterocycles. The minimum atomic E-state index is -2.62. The summed E-state index contributed by atoms with van der Waals surface area (Å²) in [4.78, 5) is 10.7. The molecule has 2 aliphatic rings. The van der Waals surface area contributed by atoms with Crippen LogP contribution < -0.4 is 14.7 Å². The molecule has 3 heterocycles. The molecule has 2 aliphatic heterocycles. The Kier molecular flexibility index (Phi) is 5.49. The lowest BCUT2D eigenvalue weighted by atomic mass is 10.0. The van der Waals surface area contributed by atoms with Crippen molar-refractivity contribution >= 4 is 28.0 Å². The number of anilines is 3. The Morgan fingerprint density at radius 2 is 1.45 bits per heavy atom. The van der Waals surface area contributed by atoms with Crippen LogP contribution in [0.15, 0.2) is 48.7 Å². The molecular formula is C25H24F3N5. The van der Waals surface area contributed by atoms with Crippen molar-refractivity contribution in [3.63, 3.8) is 0 Å². The highest BCUT2D eigenvalue weighted by Crippen LogP contribution is 2.37. The van der Waals surface area contributed by atoms with Crippen molar-refractivity contribution in [1.29, 1.82) is 5.26 Å². The van der Waals surface area contributed by atoms with E-state index in [0.717, 1.165) is 16.8 Å². The second kappa shape index (κ2) is 8.47. The summed E-state index contributed by atoms with van der Waals surface area (Å²) in [6, 6.07) is 14.7. The number of nitriles is 1. The van der Waals surface area contributed by atoms with Crippen LogP contribution in [-0.2, 0) is 0 Å². The molecule has 0 N–H and O–H groups in total. The zero-order chi connectivity index (χ0) is 23.0. The molecule has 0 unspecified atom stereocenters. The molecule has 5 nitrogen and oxygen atoms in total. The number of para-hydroxylation sites is 2. The van der Waals surface area contributed by atoms with Gasteiger partial charge in [0.1, 0.15) is 11.9 Å². The number of piperidine rings is 1. The molecule has 0 atom stereocenters. The predicted molar refractivity (Wildman–Crippen MR) is 124 cm³/mol. The van der Waals surface area contributed by atoms with Gasteiger partial charge in [0, 0.05) is 63.7 Å². The number of alkyl halides is 2. The van der Waals surface area contributed by atoms with Crippen LogP contribution in [0.5, 0.6) is 0 Å². The second-order valence-electron chi connectivity index (χ2n) is 8.57. The van der Waals surface area contributed by atoms with Gasteiger partial charge in [0.15, 0.2) is 0 Å². The molecule has 0 bridgehead atoms. The molecular weight excluding hydrogens is 427 g/mol. The van der Waals surface area contributed by atoms with Gasteiger partial charge in [0.05, 0.1) is 28.1 Å². The zero-order valence-corrected chi connectivity index (χ0v) is 18.1. The highest BCUT2D eigenvalue weighted by molar-refractivity contribution is 6.01. The highest BCUT2D eigenvalue weighted by atomic mass is 19.3. The van der Waals surface area contributed by atoms with E-state index in [1.54, 1.807) is 18.3 Å². The molecule has 0 amide bonds. The lowest BCUT2D eigenvalue weighted by molar-refractivity contribution is -0.0220. The third-order valence-electron chi connectivity index (χ3n) is 6.59. The zero-order valence-electron chi connectivity index (χ0n) is 18.1. The van der Waals surface area contributed by atoms with Crippen molar-refractivity contribution in [3.05, 3.63) is 60.0 Å². The maximum Gasteiger partial charge on any atom is 0.251 e. The van der Waals surface area contributed by atoms with Crippen LogP contribution in [0.1, 0.15) is 18.4 Å². The van der Waals surface area contributed by atoms with Crippen LogP contribution in [0.3, 0.4) is 0 Å². The van der Waals surface area contributed by atoms with Gasteiger partial charge in [0.25, 0.3) is 5.92 Å². The number of halogens is 3. The minimum absolute atomic E-state index is 0.176. The minimum Gasteiger partial charge on any atom is -0.369 e. The maximum absolute atomic E-state index is 14.2. The topological polar surface area (TPSA) is 46.4 Å². The summed E-state index contributed by atoms with van der Waals surface area (Å²) in [5.74, 6) is -2.86. The highest BCUT2D eigenvalue weighted by Gasteiger charge is 2.34. The largest absolute Gasteiger partial charge is 0.369 e. The number of fused-ring (bicyclic) bond motifs is 1. The Hall–Kier alpha value is -3.47. The SMILES string of the molecule is N#Cc1cnc2c(N3CCC(F)(F)CC3)cccc2c1N1CCN(c2ccccc2F)CC1. The fourth-order valence-corrected chi connectivity index (χ4v) is 4.83. The smallest absolute Gasteiger partial charge is 0.251 e. The van der Waals surface area contributed by atoms with E-state index in [-0.39, 0.29) is 31.7 Å². The molecule has 3 aromatic rings. The first-order valence-electron chi connectivity index (χ1n) is 11.2. The summed E-state index contributed by atoms with van der Waals surface area (Å²) in [7, 11) is 0. The van der Waals surface area contributed by atoms with Gasteiger partial charge in [0.2, 0.25) is 0 Å². The summed E-state index contributed by atoms with van der Waals surface area (Å²) in [6.07, 6.45) is 1.22.